The first kappa shape index (κ1) is 16.0. The average molecular weight is 304 g/mol. The molecule has 1 saturated heterocycles. The molecule has 22 heavy (non-hydrogen) atoms. The Morgan fingerprint density at radius 3 is 2.59 bits per heavy atom. The van der Waals surface area contributed by atoms with Gasteiger partial charge in [-0.2, -0.15) is 0 Å². The van der Waals surface area contributed by atoms with Crippen LogP contribution in [0.4, 0.5) is 0 Å². The van der Waals surface area contributed by atoms with Crippen LogP contribution >= 0.6 is 0 Å². The molecule has 6 heteroatoms. The lowest BCUT2D eigenvalue weighted by atomic mass is 10.0. The summed E-state index contributed by atoms with van der Waals surface area (Å²) in [4.78, 5) is 39.0. The molecule has 0 spiro atoms. The van der Waals surface area contributed by atoms with Crippen LogP contribution in [-0.4, -0.2) is 54.3 Å². The van der Waals surface area contributed by atoms with Gasteiger partial charge in [0.1, 0.15) is 6.04 Å². The van der Waals surface area contributed by atoms with Crippen LogP contribution in [0.2, 0.25) is 0 Å². The molecule has 1 aromatic rings. The normalized spacial score (nSPS) is 18.5. The van der Waals surface area contributed by atoms with E-state index in [1.54, 1.807) is 11.9 Å². The maximum Gasteiger partial charge on any atom is 0.305 e. The fraction of sp³-hybridized carbons (Fsp3) is 0.438. The van der Waals surface area contributed by atoms with Gasteiger partial charge in [-0.05, 0) is 12.0 Å². The van der Waals surface area contributed by atoms with Crippen LogP contribution in [0.5, 0.6) is 0 Å². The molecule has 1 aliphatic heterocycles. The topological polar surface area (TPSA) is 66.9 Å². The number of hydrogen-bond acceptors (Lipinski definition) is 4. The molecule has 118 valence electrons. The molecule has 1 atom stereocenters. The Bertz CT molecular complexity index is 559. The van der Waals surface area contributed by atoms with E-state index in [4.69, 9.17) is 0 Å². The van der Waals surface area contributed by atoms with E-state index in [1.165, 1.54) is 12.0 Å². The van der Waals surface area contributed by atoms with Crippen LogP contribution in [-0.2, 0) is 25.7 Å². The summed E-state index contributed by atoms with van der Waals surface area (Å²) in [5, 5.41) is 0. The third-order valence-electron chi connectivity index (χ3n) is 3.78. The third-order valence-corrected chi connectivity index (χ3v) is 3.78. The molecule has 0 radical (unpaired) electrons. The Kier molecular flexibility index (Phi) is 5.14. The van der Waals surface area contributed by atoms with Crippen molar-refractivity contribution in [3.05, 3.63) is 35.9 Å². The predicted octanol–water partition coefficient (Wildman–Crippen LogP) is 0.809. The Morgan fingerprint density at radius 1 is 1.27 bits per heavy atom. The van der Waals surface area contributed by atoms with Crippen LogP contribution in [0.1, 0.15) is 18.4 Å². The fourth-order valence-corrected chi connectivity index (χ4v) is 2.55. The molecule has 0 saturated carbocycles. The molecule has 2 rings (SSSR count). The van der Waals surface area contributed by atoms with Gasteiger partial charge in [0.05, 0.1) is 13.7 Å². The number of rotatable bonds is 5. The van der Waals surface area contributed by atoms with E-state index < -0.39 is 6.04 Å². The maximum absolute atomic E-state index is 12.4. The lowest BCUT2D eigenvalue weighted by molar-refractivity contribution is -0.156. The zero-order chi connectivity index (χ0) is 16.1. The van der Waals surface area contributed by atoms with E-state index in [9.17, 15) is 14.4 Å². The first-order valence-corrected chi connectivity index (χ1v) is 7.18. The van der Waals surface area contributed by atoms with Gasteiger partial charge in [0.15, 0.2) is 0 Å². The number of amides is 2. The summed E-state index contributed by atoms with van der Waals surface area (Å²) in [5.74, 6) is -0.631. The molecule has 0 unspecified atom stereocenters. The van der Waals surface area contributed by atoms with Gasteiger partial charge >= 0.3 is 5.97 Å². The molecule has 0 bridgehead atoms. The van der Waals surface area contributed by atoms with Crippen LogP contribution in [0.25, 0.3) is 0 Å². The Morgan fingerprint density at radius 2 is 1.95 bits per heavy atom. The summed E-state index contributed by atoms with van der Waals surface area (Å²) >= 11 is 0. The monoisotopic (exact) mass is 304 g/mol. The number of benzene rings is 1. The van der Waals surface area contributed by atoms with Gasteiger partial charge in [-0.15, -0.1) is 0 Å². The standard InChI is InChI=1S/C16H20N2O4/c1-17-11-14(19)18(10-12-6-4-3-5-7-12)13(16(17)21)8-9-15(20)22-2/h3-7,13H,8-11H2,1-2H3/t13-/m0/s1. The average Bonchev–Trinajstić information content (AvgIpc) is 2.52. The molecule has 0 aliphatic carbocycles. The zero-order valence-corrected chi connectivity index (χ0v) is 12.8. The fourth-order valence-electron chi connectivity index (χ4n) is 2.55. The number of likely N-dealkylation sites (N-methyl/N-ethyl adjacent to an activating group) is 1. The van der Waals surface area contributed by atoms with Crippen LogP contribution in [0.15, 0.2) is 30.3 Å². The molecule has 1 aromatic carbocycles. The molecular formula is C16H20N2O4. The van der Waals surface area contributed by atoms with E-state index in [2.05, 4.69) is 4.74 Å². The van der Waals surface area contributed by atoms with Crippen molar-refractivity contribution in [1.29, 1.82) is 0 Å². The first-order valence-electron chi connectivity index (χ1n) is 7.18. The smallest absolute Gasteiger partial charge is 0.305 e. The van der Waals surface area contributed by atoms with Gasteiger partial charge in [0, 0.05) is 20.0 Å². The minimum Gasteiger partial charge on any atom is -0.469 e. The van der Waals surface area contributed by atoms with Gasteiger partial charge in [-0.25, -0.2) is 0 Å². The van der Waals surface area contributed by atoms with Gasteiger partial charge in [0.25, 0.3) is 0 Å². The van der Waals surface area contributed by atoms with Crippen molar-refractivity contribution in [3.8, 4) is 0 Å². The summed E-state index contributed by atoms with van der Waals surface area (Å²) in [6.07, 6.45) is 0.383. The van der Waals surface area contributed by atoms with E-state index in [-0.39, 0.29) is 37.2 Å². The summed E-state index contributed by atoms with van der Waals surface area (Å²) in [7, 11) is 2.91. The Balaban J connectivity index is 2.15. The number of carbonyl (C=O) groups is 3. The summed E-state index contributed by atoms with van der Waals surface area (Å²) < 4.78 is 4.62. The summed E-state index contributed by atoms with van der Waals surface area (Å²) in [6.45, 7) is 0.436. The minimum atomic E-state index is -0.620. The summed E-state index contributed by atoms with van der Waals surface area (Å²) in [5.41, 5.74) is 0.955. The maximum atomic E-state index is 12.4. The number of esters is 1. The molecule has 1 heterocycles. The van der Waals surface area contributed by atoms with Crippen molar-refractivity contribution in [2.75, 3.05) is 20.7 Å². The molecular weight excluding hydrogens is 284 g/mol. The van der Waals surface area contributed by atoms with Crippen LogP contribution in [0.3, 0.4) is 0 Å². The molecule has 2 amide bonds. The summed E-state index contributed by atoms with van der Waals surface area (Å²) in [6, 6.07) is 8.88. The highest BCUT2D eigenvalue weighted by Crippen LogP contribution is 2.19. The minimum absolute atomic E-state index is 0.0698. The predicted molar refractivity (Wildman–Crippen MR) is 79.7 cm³/mol. The lowest BCUT2D eigenvalue weighted by Crippen LogP contribution is -2.58. The van der Waals surface area contributed by atoms with Crippen molar-refractivity contribution >= 4 is 17.8 Å². The van der Waals surface area contributed by atoms with Crippen molar-refractivity contribution in [2.24, 2.45) is 0 Å². The quantitative estimate of drug-likeness (QED) is 0.755. The largest absolute Gasteiger partial charge is 0.469 e. The highest BCUT2D eigenvalue weighted by Gasteiger charge is 2.37. The molecule has 6 nitrogen and oxygen atoms in total. The second kappa shape index (κ2) is 7.06. The van der Waals surface area contributed by atoms with Gasteiger partial charge in [-0.3, -0.25) is 14.4 Å². The number of hydrogen-bond donors (Lipinski definition) is 0. The van der Waals surface area contributed by atoms with Crippen molar-refractivity contribution in [3.63, 3.8) is 0 Å². The van der Waals surface area contributed by atoms with Crippen LogP contribution < -0.4 is 0 Å². The van der Waals surface area contributed by atoms with Crippen molar-refractivity contribution < 1.29 is 19.1 Å². The third kappa shape index (κ3) is 3.63. The van der Waals surface area contributed by atoms with E-state index in [0.29, 0.717) is 6.54 Å². The number of nitrogens with zero attached hydrogens (tertiary/aromatic N) is 2. The molecule has 0 aromatic heterocycles. The highest BCUT2D eigenvalue weighted by atomic mass is 16.5. The zero-order valence-electron chi connectivity index (χ0n) is 12.8. The van der Waals surface area contributed by atoms with Crippen LogP contribution in [0, 0.1) is 0 Å². The van der Waals surface area contributed by atoms with E-state index >= 15 is 0 Å². The Hall–Kier alpha value is -2.37. The van der Waals surface area contributed by atoms with Gasteiger partial charge in [0.2, 0.25) is 11.8 Å². The number of piperazine rings is 1. The number of ether oxygens (including phenoxy) is 1. The second-order valence-corrected chi connectivity index (χ2v) is 5.33. The molecule has 0 N–H and O–H groups in total. The van der Waals surface area contributed by atoms with Crippen molar-refractivity contribution in [1.82, 2.24) is 9.80 Å². The molecule has 1 fully saturated rings. The number of methoxy groups -OCH3 is 1. The number of carbonyl (C=O) groups excluding carboxylic acids is 3. The van der Waals surface area contributed by atoms with Gasteiger partial charge in [-0.1, -0.05) is 30.3 Å². The molecule has 1 aliphatic rings. The van der Waals surface area contributed by atoms with Gasteiger partial charge < -0.3 is 14.5 Å². The highest BCUT2D eigenvalue weighted by molar-refractivity contribution is 5.94. The SMILES string of the molecule is COC(=O)CC[C@H]1C(=O)N(C)CC(=O)N1Cc1ccccc1. The van der Waals surface area contributed by atoms with E-state index in [1.807, 2.05) is 30.3 Å². The first-order chi connectivity index (χ1) is 10.5. The lowest BCUT2D eigenvalue weighted by Gasteiger charge is -2.38. The second-order valence-electron chi connectivity index (χ2n) is 5.33. The Labute approximate surface area is 129 Å². The van der Waals surface area contributed by atoms with Crippen molar-refractivity contribution in [2.45, 2.75) is 25.4 Å². The van der Waals surface area contributed by atoms with E-state index in [0.717, 1.165) is 5.56 Å².